The van der Waals surface area contributed by atoms with Gasteiger partial charge in [-0.1, -0.05) is 30.3 Å². The lowest BCUT2D eigenvalue weighted by atomic mass is 10.1. The fourth-order valence-electron chi connectivity index (χ4n) is 1.79. The van der Waals surface area contributed by atoms with Gasteiger partial charge in [-0.2, -0.15) is 0 Å². The topological polar surface area (TPSA) is 55.6 Å². The molecule has 1 amide bonds. The van der Waals surface area contributed by atoms with E-state index in [0.29, 0.717) is 23.6 Å². The SMILES string of the molecule is CN(C)C(=O)c1ccc(N)c(OCc2ccccc2)c1. The van der Waals surface area contributed by atoms with E-state index in [9.17, 15) is 4.79 Å². The normalized spacial score (nSPS) is 10.1. The quantitative estimate of drug-likeness (QED) is 0.869. The third-order valence-electron chi connectivity index (χ3n) is 2.90. The number of hydrogen-bond acceptors (Lipinski definition) is 3. The molecule has 4 nitrogen and oxygen atoms in total. The van der Waals surface area contributed by atoms with Crippen molar-refractivity contribution in [3.05, 3.63) is 59.7 Å². The molecule has 104 valence electrons. The van der Waals surface area contributed by atoms with Gasteiger partial charge in [0.15, 0.2) is 0 Å². The van der Waals surface area contributed by atoms with Crippen LogP contribution in [-0.2, 0) is 6.61 Å². The third-order valence-corrected chi connectivity index (χ3v) is 2.90. The van der Waals surface area contributed by atoms with Crippen LogP contribution in [0.3, 0.4) is 0 Å². The van der Waals surface area contributed by atoms with Gasteiger partial charge in [0.1, 0.15) is 12.4 Å². The van der Waals surface area contributed by atoms with Crippen molar-refractivity contribution in [1.29, 1.82) is 0 Å². The van der Waals surface area contributed by atoms with Gasteiger partial charge in [-0.25, -0.2) is 0 Å². The zero-order valence-corrected chi connectivity index (χ0v) is 11.7. The molecule has 0 heterocycles. The molecule has 0 unspecified atom stereocenters. The number of hydrogen-bond donors (Lipinski definition) is 1. The van der Waals surface area contributed by atoms with E-state index in [4.69, 9.17) is 10.5 Å². The van der Waals surface area contributed by atoms with E-state index >= 15 is 0 Å². The average Bonchev–Trinajstić information content (AvgIpc) is 2.46. The summed E-state index contributed by atoms with van der Waals surface area (Å²) in [6.45, 7) is 0.421. The first-order chi connectivity index (χ1) is 9.58. The second-order valence-electron chi connectivity index (χ2n) is 4.73. The molecule has 2 aromatic carbocycles. The molecule has 0 saturated heterocycles. The number of carbonyl (C=O) groups is 1. The van der Waals surface area contributed by atoms with Crippen LogP contribution < -0.4 is 10.5 Å². The molecule has 20 heavy (non-hydrogen) atoms. The molecular weight excluding hydrogens is 252 g/mol. The number of rotatable bonds is 4. The zero-order valence-electron chi connectivity index (χ0n) is 11.7. The van der Waals surface area contributed by atoms with E-state index in [1.54, 1.807) is 32.3 Å². The first-order valence-electron chi connectivity index (χ1n) is 6.36. The highest BCUT2D eigenvalue weighted by molar-refractivity contribution is 5.94. The molecule has 2 N–H and O–H groups in total. The van der Waals surface area contributed by atoms with E-state index in [2.05, 4.69) is 0 Å². The van der Waals surface area contributed by atoms with E-state index in [-0.39, 0.29) is 5.91 Å². The molecule has 2 aromatic rings. The molecule has 0 aliphatic carbocycles. The molecule has 0 bridgehead atoms. The van der Waals surface area contributed by atoms with Crippen LogP contribution in [0.1, 0.15) is 15.9 Å². The summed E-state index contributed by atoms with van der Waals surface area (Å²) in [5, 5.41) is 0. The predicted molar refractivity (Wildman–Crippen MR) is 79.6 cm³/mol. The number of benzene rings is 2. The lowest BCUT2D eigenvalue weighted by molar-refractivity contribution is 0.0827. The minimum atomic E-state index is -0.0745. The van der Waals surface area contributed by atoms with Gasteiger partial charge in [0.2, 0.25) is 0 Å². The Kier molecular flexibility index (Phi) is 4.25. The highest BCUT2D eigenvalue weighted by Crippen LogP contribution is 2.24. The van der Waals surface area contributed by atoms with Crippen LogP contribution in [0.5, 0.6) is 5.75 Å². The number of nitrogens with zero attached hydrogens (tertiary/aromatic N) is 1. The number of ether oxygens (including phenoxy) is 1. The Morgan fingerprint density at radius 1 is 1.15 bits per heavy atom. The second-order valence-corrected chi connectivity index (χ2v) is 4.73. The number of nitrogens with two attached hydrogens (primary N) is 1. The van der Waals surface area contributed by atoms with Gasteiger partial charge in [-0.15, -0.1) is 0 Å². The van der Waals surface area contributed by atoms with Crippen molar-refractivity contribution >= 4 is 11.6 Å². The van der Waals surface area contributed by atoms with Gasteiger partial charge in [0, 0.05) is 19.7 Å². The summed E-state index contributed by atoms with van der Waals surface area (Å²) in [5.74, 6) is 0.455. The Morgan fingerprint density at radius 3 is 2.50 bits per heavy atom. The number of carbonyl (C=O) groups excluding carboxylic acids is 1. The van der Waals surface area contributed by atoms with Crippen LogP contribution in [0.25, 0.3) is 0 Å². The van der Waals surface area contributed by atoms with Crippen molar-refractivity contribution in [2.45, 2.75) is 6.61 Å². The van der Waals surface area contributed by atoms with E-state index in [1.165, 1.54) is 4.90 Å². The van der Waals surface area contributed by atoms with Gasteiger partial charge in [-0.05, 0) is 23.8 Å². The first-order valence-corrected chi connectivity index (χ1v) is 6.36. The van der Waals surface area contributed by atoms with Crippen molar-refractivity contribution in [1.82, 2.24) is 4.90 Å². The molecule has 4 heteroatoms. The maximum absolute atomic E-state index is 11.9. The van der Waals surface area contributed by atoms with Crippen LogP contribution in [-0.4, -0.2) is 24.9 Å². The van der Waals surface area contributed by atoms with Gasteiger partial charge >= 0.3 is 0 Å². The van der Waals surface area contributed by atoms with E-state index in [0.717, 1.165) is 5.56 Å². The smallest absolute Gasteiger partial charge is 0.253 e. The lowest BCUT2D eigenvalue weighted by Gasteiger charge is -2.13. The summed E-state index contributed by atoms with van der Waals surface area (Å²) >= 11 is 0. The summed E-state index contributed by atoms with van der Waals surface area (Å²) in [5.41, 5.74) is 8.02. The molecule has 0 saturated carbocycles. The number of amides is 1. The summed E-state index contributed by atoms with van der Waals surface area (Å²) < 4.78 is 5.70. The molecule has 0 atom stereocenters. The standard InChI is InChI=1S/C16H18N2O2/c1-18(2)16(19)13-8-9-14(17)15(10-13)20-11-12-6-4-3-5-7-12/h3-10H,11,17H2,1-2H3. The highest BCUT2D eigenvalue weighted by atomic mass is 16.5. The fraction of sp³-hybridized carbons (Fsp3) is 0.188. The summed E-state index contributed by atoms with van der Waals surface area (Å²) in [6, 6.07) is 14.9. The molecule has 0 aromatic heterocycles. The molecule has 0 aliphatic rings. The molecule has 0 spiro atoms. The summed E-state index contributed by atoms with van der Waals surface area (Å²) in [6.07, 6.45) is 0. The minimum Gasteiger partial charge on any atom is -0.487 e. The van der Waals surface area contributed by atoms with Crippen molar-refractivity contribution < 1.29 is 9.53 Å². The van der Waals surface area contributed by atoms with Gasteiger partial charge in [-0.3, -0.25) is 4.79 Å². The van der Waals surface area contributed by atoms with Crippen molar-refractivity contribution in [3.63, 3.8) is 0 Å². The van der Waals surface area contributed by atoms with Crippen LogP contribution in [0, 0.1) is 0 Å². The van der Waals surface area contributed by atoms with Crippen LogP contribution >= 0.6 is 0 Å². The maximum atomic E-state index is 11.9. The summed E-state index contributed by atoms with van der Waals surface area (Å²) in [4.78, 5) is 13.4. The van der Waals surface area contributed by atoms with Crippen molar-refractivity contribution in [3.8, 4) is 5.75 Å². The highest BCUT2D eigenvalue weighted by Gasteiger charge is 2.11. The Balaban J connectivity index is 2.15. The largest absolute Gasteiger partial charge is 0.487 e. The van der Waals surface area contributed by atoms with Crippen molar-refractivity contribution in [2.24, 2.45) is 0 Å². The first kappa shape index (κ1) is 13.9. The minimum absolute atomic E-state index is 0.0745. The zero-order chi connectivity index (χ0) is 14.5. The van der Waals surface area contributed by atoms with Crippen LogP contribution in [0.2, 0.25) is 0 Å². The molecule has 0 radical (unpaired) electrons. The Hall–Kier alpha value is -2.49. The van der Waals surface area contributed by atoms with Gasteiger partial charge < -0.3 is 15.4 Å². The summed E-state index contributed by atoms with van der Waals surface area (Å²) in [7, 11) is 3.42. The monoisotopic (exact) mass is 270 g/mol. The Bertz CT molecular complexity index is 595. The molecule has 0 fully saturated rings. The molecule has 0 aliphatic heterocycles. The molecular formula is C16H18N2O2. The Morgan fingerprint density at radius 2 is 1.85 bits per heavy atom. The van der Waals surface area contributed by atoms with Gasteiger partial charge in [0.05, 0.1) is 5.69 Å². The van der Waals surface area contributed by atoms with E-state index < -0.39 is 0 Å². The average molecular weight is 270 g/mol. The van der Waals surface area contributed by atoms with E-state index in [1.807, 2.05) is 30.3 Å². The second kappa shape index (κ2) is 6.10. The number of anilines is 1. The lowest BCUT2D eigenvalue weighted by Crippen LogP contribution is -2.21. The van der Waals surface area contributed by atoms with Gasteiger partial charge in [0.25, 0.3) is 5.91 Å². The third kappa shape index (κ3) is 3.29. The predicted octanol–water partition coefficient (Wildman–Crippen LogP) is 2.55. The number of nitrogen functional groups attached to an aromatic ring is 1. The van der Waals surface area contributed by atoms with Crippen LogP contribution in [0.4, 0.5) is 5.69 Å². The maximum Gasteiger partial charge on any atom is 0.253 e. The van der Waals surface area contributed by atoms with Crippen molar-refractivity contribution in [2.75, 3.05) is 19.8 Å². The van der Waals surface area contributed by atoms with Crippen LogP contribution in [0.15, 0.2) is 48.5 Å². The molecule has 2 rings (SSSR count). The Labute approximate surface area is 118 Å². The fourth-order valence-corrected chi connectivity index (χ4v) is 1.79.